The average Bonchev–Trinajstić information content (AvgIpc) is 2.80. The molecule has 1 heterocycles. The van der Waals surface area contributed by atoms with Gasteiger partial charge in [-0.1, -0.05) is 60.7 Å². The van der Waals surface area contributed by atoms with Crippen molar-refractivity contribution in [3.8, 4) is 28.5 Å². The molecule has 144 valence electrons. The maximum atomic E-state index is 11.5. The van der Waals surface area contributed by atoms with Gasteiger partial charge in [0.25, 0.3) is 0 Å². The Kier molecular flexibility index (Phi) is 5.31. The summed E-state index contributed by atoms with van der Waals surface area (Å²) in [7, 11) is 0. The summed E-state index contributed by atoms with van der Waals surface area (Å²) < 4.78 is 0. The average molecular weight is 390 g/mol. The number of hydrogen-bond acceptors (Lipinski definition) is 5. The lowest BCUT2D eigenvalue weighted by atomic mass is 9.95. The molecule has 0 amide bonds. The Labute approximate surface area is 174 Å². The van der Waals surface area contributed by atoms with Crippen LogP contribution in [-0.2, 0) is 0 Å². The molecule has 0 atom stereocenters. The summed E-state index contributed by atoms with van der Waals surface area (Å²) >= 11 is 0. The molecule has 4 aromatic rings. The smallest absolute Gasteiger partial charge is 0.171 e. The molecule has 5 heteroatoms. The van der Waals surface area contributed by atoms with Crippen LogP contribution in [0.1, 0.15) is 22.8 Å². The molecular weight excluding hydrogens is 372 g/mol. The Bertz CT molecular complexity index is 1230. The van der Waals surface area contributed by atoms with E-state index in [1.165, 1.54) is 6.92 Å². The van der Waals surface area contributed by atoms with E-state index in [-0.39, 0.29) is 5.78 Å². The van der Waals surface area contributed by atoms with Crippen molar-refractivity contribution in [2.75, 3.05) is 5.32 Å². The SMILES string of the molecule is CC(=O)c1ccc(Nc2nnc(-c3ccccc3)c(-c3ccccc3)c2C#N)cc1. The lowest BCUT2D eigenvalue weighted by Gasteiger charge is -2.14. The van der Waals surface area contributed by atoms with Crippen LogP contribution in [0.4, 0.5) is 11.5 Å². The number of carbonyl (C=O) groups is 1. The molecule has 0 aliphatic heterocycles. The number of benzene rings is 3. The third kappa shape index (κ3) is 3.80. The number of anilines is 2. The standard InChI is InChI=1S/C25H18N4O/c1-17(30)18-12-14-21(15-13-18)27-25-22(16-26)23(19-8-4-2-5-9-19)24(28-29-25)20-10-6-3-7-11-20/h2-15H,1H3,(H,27,29). The topological polar surface area (TPSA) is 78.7 Å². The summed E-state index contributed by atoms with van der Waals surface area (Å²) in [6, 6.07) is 28.7. The van der Waals surface area contributed by atoms with Crippen molar-refractivity contribution >= 4 is 17.3 Å². The van der Waals surface area contributed by atoms with Crippen molar-refractivity contribution in [1.82, 2.24) is 10.2 Å². The van der Waals surface area contributed by atoms with E-state index in [0.29, 0.717) is 22.6 Å². The van der Waals surface area contributed by atoms with Gasteiger partial charge in [0.05, 0.1) is 0 Å². The summed E-state index contributed by atoms with van der Waals surface area (Å²) in [5.41, 5.74) is 4.90. The Balaban J connectivity index is 1.85. The molecule has 0 aliphatic rings. The minimum Gasteiger partial charge on any atom is -0.338 e. The van der Waals surface area contributed by atoms with Crippen molar-refractivity contribution in [2.45, 2.75) is 6.92 Å². The Morgan fingerprint density at radius 3 is 2.00 bits per heavy atom. The Morgan fingerprint density at radius 1 is 0.833 bits per heavy atom. The van der Waals surface area contributed by atoms with Crippen LogP contribution in [0.15, 0.2) is 84.9 Å². The van der Waals surface area contributed by atoms with Gasteiger partial charge in [-0.15, -0.1) is 10.2 Å². The van der Waals surface area contributed by atoms with E-state index in [1.807, 2.05) is 60.7 Å². The van der Waals surface area contributed by atoms with Gasteiger partial charge < -0.3 is 5.32 Å². The van der Waals surface area contributed by atoms with Crippen molar-refractivity contribution < 1.29 is 4.79 Å². The molecule has 3 aromatic carbocycles. The number of nitriles is 1. The Morgan fingerprint density at radius 2 is 1.43 bits per heavy atom. The summed E-state index contributed by atoms with van der Waals surface area (Å²) in [6.45, 7) is 1.52. The normalized spacial score (nSPS) is 10.3. The second-order valence-electron chi connectivity index (χ2n) is 6.75. The van der Waals surface area contributed by atoms with Gasteiger partial charge in [-0.25, -0.2) is 0 Å². The lowest BCUT2D eigenvalue weighted by molar-refractivity contribution is 0.101. The first-order chi connectivity index (χ1) is 14.7. The molecule has 0 bridgehead atoms. The highest BCUT2D eigenvalue weighted by atomic mass is 16.1. The van der Waals surface area contributed by atoms with Gasteiger partial charge in [0, 0.05) is 22.4 Å². The maximum Gasteiger partial charge on any atom is 0.171 e. The summed E-state index contributed by atoms with van der Waals surface area (Å²) in [6.07, 6.45) is 0. The number of ketones is 1. The van der Waals surface area contributed by atoms with Gasteiger partial charge in [-0.05, 0) is 36.8 Å². The molecule has 0 radical (unpaired) electrons. The predicted molar refractivity (Wildman–Crippen MR) is 117 cm³/mol. The number of nitrogens with one attached hydrogen (secondary N) is 1. The molecule has 0 unspecified atom stereocenters. The summed E-state index contributed by atoms with van der Waals surface area (Å²) in [4.78, 5) is 11.5. The number of nitrogens with zero attached hydrogens (tertiary/aromatic N) is 3. The van der Waals surface area contributed by atoms with Crippen molar-refractivity contribution in [2.24, 2.45) is 0 Å². The number of aromatic nitrogens is 2. The third-order valence-electron chi connectivity index (χ3n) is 4.75. The second-order valence-corrected chi connectivity index (χ2v) is 6.75. The molecule has 1 aromatic heterocycles. The molecule has 0 spiro atoms. The molecule has 30 heavy (non-hydrogen) atoms. The summed E-state index contributed by atoms with van der Waals surface area (Å²) in [5.74, 6) is 0.365. The van der Waals surface area contributed by atoms with Crippen molar-refractivity contribution in [3.05, 3.63) is 96.1 Å². The highest BCUT2D eigenvalue weighted by Crippen LogP contribution is 2.36. The zero-order valence-corrected chi connectivity index (χ0v) is 16.3. The first kappa shape index (κ1) is 19.0. The van der Waals surface area contributed by atoms with Gasteiger partial charge in [-0.3, -0.25) is 4.79 Å². The highest BCUT2D eigenvalue weighted by molar-refractivity contribution is 5.94. The summed E-state index contributed by atoms with van der Waals surface area (Å²) in [5, 5.41) is 22.0. The van der Waals surface area contributed by atoms with E-state index in [0.717, 1.165) is 22.4 Å². The van der Waals surface area contributed by atoms with Gasteiger partial charge in [0.1, 0.15) is 17.3 Å². The van der Waals surface area contributed by atoms with E-state index in [1.54, 1.807) is 24.3 Å². The molecule has 5 nitrogen and oxygen atoms in total. The van der Waals surface area contributed by atoms with E-state index in [9.17, 15) is 10.1 Å². The molecule has 0 fully saturated rings. The molecule has 0 saturated heterocycles. The third-order valence-corrected chi connectivity index (χ3v) is 4.75. The van der Waals surface area contributed by atoms with Gasteiger partial charge in [0.15, 0.2) is 11.6 Å². The Hall–Kier alpha value is -4.30. The maximum absolute atomic E-state index is 11.5. The zero-order valence-electron chi connectivity index (χ0n) is 16.3. The second kappa shape index (κ2) is 8.38. The zero-order chi connectivity index (χ0) is 20.9. The fourth-order valence-corrected chi connectivity index (χ4v) is 3.24. The number of rotatable bonds is 5. The minimum atomic E-state index is -0.00219. The van der Waals surface area contributed by atoms with Gasteiger partial charge in [-0.2, -0.15) is 5.26 Å². The van der Waals surface area contributed by atoms with Crippen LogP contribution < -0.4 is 5.32 Å². The molecule has 0 saturated carbocycles. The largest absolute Gasteiger partial charge is 0.338 e. The first-order valence-corrected chi connectivity index (χ1v) is 9.47. The van der Waals surface area contributed by atoms with Crippen molar-refractivity contribution in [1.29, 1.82) is 5.26 Å². The van der Waals surface area contributed by atoms with E-state index >= 15 is 0 Å². The molecule has 4 rings (SSSR count). The number of hydrogen-bond donors (Lipinski definition) is 1. The van der Waals surface area contributed by atoms with Gasteiger partial charge in [0.2, 0.25) is 0 Å². The van der Waals surface area contributed by atoms with Gasteiger partial charge >= 0.3 is 0 Å². The molecule has 0 aliphatic carbocycles. The molecular formula is C25H18N4O. The van der Waals surface area contributed by atoms with E-state index in [4.69, 9.17) is 0 Å². The fraction of sp³-hybridized carbons (Fsp3) is 0.0400. The van der Waals surface area contributed by atoms with E-state index < -0.39 is 0 Å². The van der Waals surface area contributed by atoms with Crippen LogP contribution in [0.25, 0.3) is 22.4 Å². The molecule has 1 N–H and O–H groups in total. The fourth-order valence-electron chi connectivity index (χ4n) is 3.24. The first-order valence-electron chi connectivity index (χ1n) is 9.47. The van der Waals surface area contributed by atoms with Crippen molar-refractivity contribution in [3.63, 3.8) is 0 Å². The van der Waals surface area contributed by atoms with Crippen LogP contribution in [-0.4, -0.2) is 16.0 Å². The van der Waals surface area contributed by atoms with Crippen LogP contribution in [0.5, 0.6) is 0 Å². The minimum absolute atomic E-state index is 0.00219. The number of carbonyl (C=O) groups excluding carboxylic acids is 1. The van der Waals surface area contributed by atoms with Crippen LogP contribution in [0.2, 0.25) is 0 Å². The quantitative estimate of drug-likeness (QED) is 0.447. The van der Waals surface area contributed by atoms with E-state index in [2.05, 4.69) is 21.6 Å². The monoisotopic (exact) mass is 390 g/mol. The highest BCUT2D eigenvalue weighted by Gasteiger charge is 2.19. The lowest BCUT2D eigenvalue weighted by Crippen LogP contribution is -2.04. The number of Topliss-reactive ketones (excluding diaryl/α,β-unsaturated/α-hetero) is 1. The predicted octanol–water partition coefficient (Wildman–Crippen LogP) is 5.63. The van der Waals surface area contributed by atoms with Crippen LogP contribution in [0.3, 0.4) is 0 Å². The van der Waals surface area contributed by atoms with Crippen LogP contribution >= 0.6 is 0 Å². The van der Waals surface area contributed by atoms with Crippen LogP contribution in [0, 0.1) is 11.3 Å².